The first-order valence-corrected chi connectivity index (χ1v) is 6.97. The Bertz CT molecular complexity index is 710. The summed E-state index contributed by atoms with van der Waals surface area (Å²) in [6, 6.07) is 1.28. The fourth-order valence-electron chi connectivity index (χ4n) is 1.74. The summed E-state index contributed by atoms with van der Waals surface area (Å²) in [5.74, 6) is -37.3. The molecule has 1 rings (SSSR count). The highest BCUT2D eigenvalue weighted by Crippen LogP contribution is 2.62. The van der Waals surface area contributed by atoms with Crippen LogP contribution in [0.4, 0.5) is 62.8 Å². The van der Waals surface area contributed by atoms with Crippen LogP contribution >= 0.6 is 15.9 Å². The van der Waals surface area contributed by atoms with E-state index in [-0.39, 0.29) is 6.07 Å². The van der Waals surface area contributed by atoms with Gasteiger partial charge >= 0.3 is 35.8 Å². The van der Waals surface area contributed by atoms with Gasteiger partial charge < -0.3 is 5.73 Å². The zero-order valence-corrected chi connectivity index (χ0v) is 13.7. The molecule has 1 aromatic rings. The molecule has 15 heteroatoms. The van der Waals surface area contributed by atoms with Crippen LogP contribution in [0.3, 0.4) is 0 Å². The predicted molar refractivity (Wildman–Crippen MR) is 68.3 cm³/mol. The van der Waals surface area contributed by atoms with Gasteiger partial charge in [-0.2, -0.15) is 57.1 Å². The Morgan fingerprint density at radius 2 is 1.04 bits per heavy atom. The van der Waals surface area contributed by atoms with Crippen LogP contribution in [-0.4, -0.2) is 29.9 Å². The van der Waals surface area contributed by atoms with Gasteiger partial charge in [-0.25, -0.2) is 0 Å². The summed E-state index contributed by atoms with van der Waals surface area (Å²) < 4.78 is 169. The van der Waals surface area contributed by atoms with E-state index in [9.17, 15) is 57.1 Å². The Morgan fingerprint density at radius 1 is 0.630 bits per heavy atom. The topological polar surface area (TPSA) is 26.0 Å². The van der Waals surface area contributed by atoms with Crippen molar-refractivity contribution >= 4 is 21.6 Å². The molecule has 2 N–H and O–H groups in total. The maximum atomic E-state index is 13.9. The molecule has 0 aliphatic carbocycles. The first-order valence-electron chi connectivity index (χ1n) is 6.17. The van der Waals surface area contributed by atoms with Crippen LogP contribution in [0.25, 0.3) is 0 Å². The van der Waals surface area contributed by atoms with Crippen molar-refractivity contribution in [3.63, 3.8) is 0 Å². The molecule has 27 heavy (non-hydrogen) atoms. The number of rotatable bonds is 5. The number of alkyl halides is 13. The van der Waals surface area contributed by atoms with Crippen molar-refractivity contribution in [1.82, 2.24) is 0 Å². The normalized spacial score (nSPS) is 15.2. The second-order valence-corrected chi connectivity index (χ2v) is 6.02. The van der Waals surface area contributed by atoms with E-state index in [1.54, 1.807) is 0 Å². The Hall–Kier alpha value is -1.41. The largest absolute Gasteiger partial charge is 0.460 e. The van der Waals surface area contributed by atoms with Gasteiger partial charge in [0, 0.05) is 10.2 Å². The summed E-state index contributed by atoms with van der Waals surface area (Å²) in [4.78, 5) is 0. The molecule has 0 heterocycles. The predicted octanol–water partition coefficient (Wildman–Crippen LogP) is 6.23. The molecule has 0 saturated carbocycles. The quantitative estimate of drug-likeness (QED) is 0.385. The maximum absolute atomic E-state index is 13.9. The molecule has 0 atom stereocenters. The Labute approximate surface area is 149 Å². The van der Waals surface area contributed by atoms with Crippen LogP contribution in [-0.2, 0) is 5.92 Å². The molecule has 1 aromatic carbocycles. The number of hydrogen-bond acceptors (Lipinski definition) is 1. The standard InChI is InChI=1S/C12H5BrF13N/c13-4-1-2-6(27)5(3-4)7(14,15)8(16,17)9(18,19)10(20,21)11(22,23)12(24,25)26/h1-3H,27H2. The fourth-order valence-corrected chi connectivity index (χ4v) is 2.10. The molecular weight excluding hydrogens is 485 g/mol. The van der Waals surface area contributed by atoms with Crippen molar-refractivity contribution in [2.45, 2.75) is 35.8 Å². The molecule has 0 saturated heterocycles. The molecule has 0 fully saturated rings. The van der Waals surface area contributed by atoms with Crippen LogP contribution in [0.2, 0.25) is 0 Å². The molecule has 0 aliphatic heterocycles. The van der Waals surface area contributed by atoms with Gasteiger partial charge in [0.15, 0.2) is 0 Å². The summed E-state index contributed by atoms with van der Waals surface area (Å²) in [5.41, 5.74) is 1.34. The van der Waals surface area contributed by atoms with E-state index in [2.05, 4.69) is 15.9 Å². The average Bonchev–Trinajstić information content (AvgIpc) is 2.47. The molecular formula is C12H5BrF13N. The van der Waals surface area contributed by atoms with Crippen molar-refractivity contribution < 1.29 is 57.1 Å². The first kappa shape index (κ1) is 23.6. The Balaban J connectivity index is 3.66. The molecule has 0 radical (unpaired) electrons. The van der Waals surface area contributed by atoms with Crippen molar-refractivity contribution in [2.75, 3.05) is 5.73 Å². The van der Waals surface area contributed by atoms with E-state index < -0.39 is 51.5 Å². The average molecular weight is 490 g/mol. The lowest BCUT2D eigenvalue weighted by molar-refractivity contribution is -0.441. The smallest absolute Gasteiger partial charge is 0.398 e. The van der Waals surface area contributed by atoms with Crippen LogP contribution in [0.1, 0.15) is 5.56 Å². The molecule has 0 amide bonds. The molecule has 0 aromatic heterocycles. The van der Waals surface area contributed by atoms with Gasteiger partial charge in [0.05, 0.1) is 5.56 Å². The highest BCUT2D eigenvalue weighted by atomic mass is 79.9. The zero-order chi connectivity index (χ0) is 21.9. The third-order valence-corrected chi connectivity index (χ3v) is 3.78. The van der Waals surface area contributed by atoms with Gasteiger partial charge in [0.1, 0.15) is 0 Å². The van der Waals surface area contributed by atoms with Crippen LogP contribution in [0.5, 0.6) is 0 Å². The molecule has 0 aliphatic rings. The number of hydrogen-bond donors (Lipinski definition) is 1. The lowest BCUT2D eigenvalue weighted by Crippen LogP contribution is -2.69. The molecule has 156 valence electrons. The lowest BCUT2D eigenvalue weighted by atomic mass is 9.90. The minimum atomic E-state index is -7.94. The third kappa shape index (κ3) is 3.20. The summed E-state index contributed by atoms with van der Waals surface area (Å²) in [7, 11) is 0. The van der Waals surface area contributed by atoms with Gasteiger partial charge in [-0.3, -0.25) is 0 Å². The molecule has 0 unspecified atom stereocenters. The molecule has 0 spiro atoms. The zero-order valence-electron chi connectivity index (χ0n) is 12.1. The number of benzene rings is 1. The minimum absolute atomic E-state index is 0.0145. The lowest BCUT2D eigenvalue weighted by Gasteiger charge is -2.40. The summed E-state index contributed by atoms with van der Waals surface area (Å²) in [6.07, 6.45) is -7.44. The highest BCUT2D eigenvalue weighted by Gasteiger charge is 2.91. The number of anilines is 1. The Kier molecular flexibility index (Phi) is 5.52. The maximum Gasteiger partial charge on any atom is 0.460 e. The number of nitrogens with two attached hydrogens (primary N) is 1. The third-order valence-electron chi connectivity index (χ3n) is 3.29. The van der Waals surface area contributed by atoms with E-state index in [0.29, 0.717) is 6.07 Å². The Morgan fingerprint density at radius 3 is 1.44 bits per heavy atom. The van der Waals surface area contributed by atoms with Crippen LogP contribution in [0.15, 0.2) is 22.7 Å². The second kappa shape index (κ2) is 6.30. The summed E-state index contributed by atoms with van der Waals surface area (Å²) in [5, 5.41) is 0. The van der Waals surface area contributed by atoms with E-state index in [1.807, 2.05) is 0 Å². The number of halogens is 14. The van der Waals surface area contributed by atoms with E-state index in [0.717, 1.165) is 6.07 Å². The van der Waals surface area contributed by atoms with Gasteiger partial charge in [-0.05, 0) is 18.2 Å². The van der Waals surface area contributed by atoms with Crippen molar-refractivity contribution in [3.05, 3.63) is 28.2 Å². The van der Waals surface area contributed by atoms with Crippen LogP contribution < -0.4 is 5.73 Å². The van der Waals surface area contributed by atoms with Crippen molar-refractivity contribution in [2.24, 2.45) is 0 Å². The highest BCUT2D eigenvalue weighted by molar-refractivity contribution is 9.10. The van der Waals surface area contributed by atoms with E-state index in [1.165, 1.54) is 0 Å². The summed E-state index contributed by atoms with van der Waals surface area (Å²) >= 11 is 2.47. The van der Waals surface area contributed by atoms with Gasteiger partial charge in [-0.1, -0.05) is 15.9 Å². The van der Waals surface area contributed by atoms with E-state index in [4.69, 9.17) is 5.73 Å². The second-order valence-electron chi connectivity index (χ2n) is 5.10. The van der Waals surface area contributed by atoms with Crippen LogP contribution in [0, 0.1) is 0 Å². The molecule has 1 nitrogen and oxygen atoms in total. The van der Waals surface area contributed by atoms with E-state index >= 15 is 0 Å². The first-order chi connectivity index (χ1) is 11.7. The SMILES string of the molecule is Nc1ccc(Br)cc1C(F)(F)C(F)(F)C(F)(F)C(F)(F)C(F)(F)C(F)(F)F. The van der Waals surface area contributed by atoms with Gasteiger partial charge in [-0.15, -0.1) is 0 Å². The summed E-state index contributed by atoms with van der Waals surface area (Å²) in [6.45, 7) is 0. The van der Waals surface area contributed by atoms with Crippen molar-refractivity contribution in [1.29, 1.82) is 0 Å². The monoisotopic (exact) mass is 489 g/mol. The fraction of sp³-hybridized carbons (Fsp3) is 0.500. The number of nitrogen functional groups attached to an aromatic ring is 1. The molecule has 0 bridgehead atoms. The minimum Gasteiger partial charge on any atom is -0.398 e. The van der Waals surface area contributed by atoms with Gasteiger partial charge in [0.25, 0.3) is 0 Å². The van der Waals surface area contributed by atoms with Crippen molar-refractivity contribution in [3.8, 4) is 0 Å². The van der Waals surface area contributed by atoms with Gasteiger partial charge in [0.2, 0.25) is 0 Å².